The van der Waals surface area contributed by atoms with Crippen LogP contribution in [0.25, 0.3) is 11.1 Å². The molecule has 0 aliphatic carbocycles. The molecule has 0 bridgehead atoms. The first-order chi connectivity index (χ1) is 7.92. The highest BCUT2D eigenvalue weighted by Gasteiger charge is 2.04. The van der Waals surface area contributed by atoms with E-state index in [9.17, 15) is 4.39 Å². The molecule has 0 aliphatic heterocycles. The summed E-state index contributed by atoms with van der Waals surface area (Å²) in [6.07, 6.45) is 0. The fraction of sp³-hybridized carbons (Fsp3) is 0.143. The van der Waals surface area contributed by atoms with Gasteiger partial charge in [0.2, 0.25) is 0 Å². The van der Waals surface area contributed by atoms with Gasteiger partial charge in [-0.05, 0) is 11.6 Å². The van der Waals surface area contributed by atoms with E-state index in [1.54, 1.807) is 0 Å². The lowest BCUT2D eigenvalue weighted by atomic mass is 10.1. The normalized spacial score (nSPS) is 10.1. The number of benzene rings is 2. The number of ether oxygens (including phenoxy) is 1. The quantitative estimate of drug-likeness (QED) is 0.757. The van der Waals surface area contributed by atoms with Crippen LogP contribution in [0.5, 0.6) is 5.75 Å². The van der Waals surface area contributed by atoms with E-state index in [2.05, 4.69) is 0 Å². The fourth-order valence-corrected chi connectivity index (χ4v) is 1.60. The average molecular weight is 216 g/mol. The molecule has 0 saturated carbocycles. The van der Waals surface area contributed by atoms with Crippen molar-refractivity contribution in [3.05, 3.63) is 54.6 Å². The predicted octanol–water partition coefficient (Wildman–Crippen LogP) is 3.70. The van der Waals surface area contributed by atoms with Crippen LogP contribution in [0.15, 0.2) is 54.6 Å². The minimum absolute atomic E-state index is 0.101. The number of alkyl halides is 1. The van der Waals surface area contributed by atoms with E-state index in [0.717, 1.165) is 16.9 Å². The van der Waals surface area contributed by atoms with E-state index in [0.29, 0.717) is 0 Å². The summed E-state index contributed by atoms with van der Waals surface area (Å²) in [5.41, 5.74) is 2.08. The molecular weight excluding hydrogens is 203 g/mol. The first-order valence-corrected chi connectivity index (χ1v) is 5.25. The molecule has 0 N–H and O–H groups in total. The van der Waals surface area contributed by atoms with Gasteiger partial charge in [-0.15, -0.1) is 0 Å². The van der Waals surface area contributed by atoms with E-state index in [4.69, 9.17) is 4.74 Å². The standard InChI is InChI=1S/C14H13FO/c15-10-11-16-14-9-5-4-8-13(14)12-6-2-1-3-7-12/h1-9H,10-11H2. The van der Waals surface area contributed by atoms with Gasteiger partial charge >= 0.3 is 0 Å². The Bertz CT molecular complexity index is 439. The molecule has 2 rings (SSSR count). The summed E-state index contributed by atoms with van der Waals surface area (Å²) in [6, 6.07) is 17.6. The Labute approximate surface area is 94.5 Å². The first-order valence-electron chi connectivity index (χ1n) is 5.25. The molecule has 16 heavy (non-hydrogen) atoms. The summed E-state index contributed by atoms with van der Waals surface area (Å²) < 4.78 is 17.5. The Morgan fingerprint density at radius 2 is 1.56 bits per heavy atom. The van der Waals surface area contributed by atoms with Crippen molar-refractivity contribution in [3.8, 4) is 16.9 Å². The Balaban J connectivity index is 2.33. The number of hydrogen-bond acceptors (Lipinski definition) is 1. The molecule has 0 amide bonds. The molecule has 0 atom stereocenters. The maximum absolute atomic E-state index is 12.1. The van der Waals surface area contributed by atoms with Crippen molar-refractivity contribution in [2.45, 2.75) is 0 Å². The van der Waals surface area contributed by atoms with Crippen LogP contribution >= 0.6 is 0 Å². The maximum Gasteiger partial charge on any atom is 0.127 e. The third-order valence-corrected chi connectivity index (χ3v) is 2.31. The lowest BCUT2D eigenvalue weighted by Crippen LogP contribution is -1.99. The van der Waals surface area contributed by atoms with Crippen LogP contribution in [0.3, 0.4) is 0 Å². The number of halogens is 1. The average Bonchev–Trinajstić information content (AvgIpc) is 2.38. The monoisotopic (exact) mass is 216 g/mol. The molecule has 0 aromatic heterocycles. The van der Waals surface area contributed by atoms with E-state index in [-0.39, 0.29) is 6.61 Å². The van der Waals surface area contributed by atoms with Crippen LogP contribution in [0.1, 0.15) is 0 Å². The van der Waals surface area contributed by atoms with Crippen LogP contribution in [0, 0.1) is 0 Å². The van der Waals surface area contributed by atoms with Crippen molar-refractivity contribution in [2.75, 3.05) is 13.3 Å². The Hall–Kier alpha value is -1.83. The van der Waals surface area contributed by atoms with Gasteiger partial charge in [-0.25, -0.2) is 4.39 Å². The minimum Gasteiger partial charge on any atom is -0.490 e. The molecule has 82 valence electrons. The molecule has 0 spiro atoms. The summed E-state index contributed by atoms with van der Waals surface area (Å²) in [5, 5.41) is 0. The van der Waals surface area contributed by atoms with Gasteiger partial charge in [0.05, 0.1) is 0 Å². The van der Waals surface area contributed by atoms with E-state index in [1.165, 1.54) is 0 Å². The molecule has 0 unspecified atom stereocenters. The van der Waals surface area contributed by atoms with Gasteiger partial charge in [0.15, 0.2) is 0 Å². The molecule has 0 saturated heterocycles. The summed E-state index contributed by atoms with van der Waals surface area (Å²) in [7, 11) is 0. The highest BCUT2D eigenvalue weighted by Crippen LogP contribution is 2.29. The number of rotatable bonds is 4. The maximum atomic E-state index is 12.1. The van der Waals surface area contributed by atoms with Crippen LogP contribution in [-0.4, -0.2) is 13.3 Å². The van der Waals surface area contributed by atoms with Crippen molar-refractivity contribution < 1.29 is 9.13 Å². The Morgan fingerprint density at radius 3 is 2.31 bits per heavy atom. The molecule has 2 aromatic carbocycles. The smallest absolute Gasteiger partial charge is 0.127 e. The van der Waals surface area contributed by atoms with Crippen molar-refractivity contribution in [1.29, 1.82) is 0 Å². The second-order valence-electron chi connectivity index (χ2n) is 3.40. The van der Waals surface area contributed by atoms with Gasteiger partial charge in [-0.3, -0.25) is 0 Å². The van der Waals surface area contributed by atoms with Crippen molar-refractivity contribution in [1.82, 2.24) is 0 Å². The summed E-state index contributed by atoms with van der Waals surface area (Å²) in [5.74, 6) is 0.728. The molecule has 0 fully saturated rings. The van der Waals surface area contributed by atoms with E-state index < -0.39 is 6.67 Å². The lowest BCUT2D eigenvalue weighted by Gasteiger charge is -2.10. The van der Waals surface area contributed by atoms with Crippen molar-refractivity contribution >= 4 is 0 Å². The summed E-state index contributed by atoms with van der Waals surface area (Å²) >= 11 is 0. The lowest BCUT2D eigenvalue weighted by molar-refractivity contribution is 0.274. The second-order valence-corrected chi connectivity index (χ2v) is 3.40. The molecule has 0 aliphatic rings. The number of hydrogen-bond donors (Lipinski definition) is 0. The molecule has 2 heteroatoms. The van der Waals surface area contributed by atoms with E-state index in [1.807, 2.05) is 54.6 Å². The van der Waals surface area contributed by atoms with Crippen LogP contribution in [-0.2, 0) is 0 Å². The zero-order valence-corrected chi connectivity index (χ0v) is 8.90. The van der Waals surface area contributed by atoms with Gasteiger partial charge in [-0.1, -0.05) is 48.5 Å². The second kappa shape index (κ2) is 5.31. The van der Waals surface area contributed by atoms with Crippen LogP contribution in [0.4, 0.5) is 4.39 Å². The topological polar surface area (TPSA) is 9.23 Å². The van der Waals surface area contributed by atoms with Gasteiger partial charge < -0.3 is 4.74 Å². The van der Waals surface area contributed by atoms with Crippen LogP contribution in [0.2, 0.25) is 0 Å². The Kier molecular flexibility index (Phi) is 3.54. The molecule has 1 nitrogen and oxygen atoms in total. The molecule has 0 radical (unpaired) electrons. The first kappa shape index (κ1) is 10.7. The van der Waals surface area contributed by atoms with Gasteiger partial charge in [-0.2, -0.15) is 0 Å². The SMILES string of the molecule is FCCOc1ccccc1-c1ccccc1. The predicted molar refractivity (Wildman–Crippen MR) is 63.3 cm³/mol. The third-order valence-electron chi connectivity index (χ3n) is 2.31. The van der Waals surface area contributed by atoms with Gasteiger partial charge in [0, 0.05) is 5.56 Å². The molecule has 2 aromatic rings. The molecular formula is C14H13FO. The molecule has 0 heterocycles. The van der Waals surface area contributed by atoms with Crippen LogP contribution < -0.4 is 4.74 Å². The summed E-state index contributed by atoms with van der Waals surface area (Å²) in [6.45, 7) is -0.368. The largest absolute Gasteiger partial charge is 0.490 e. The van der Waals surface area contributed by atoms with Crippen molar-refractivity contribution in [3.63, 3.8) is 0 Å². The Morgan fingerprint density at radius 1 is 0.875 bits per heavy atom. The highest BCUT2D eigenvalue weighted by atomic mass is 19.1. The van der Waals surface area contributed by atoms with Gasteiger partial charge in [0.1, 0.15) is 19.0 Å². The highest BCUT2D eigenvalue weighted by molar-refractivity contribution is 5.70. The van der Waals surface area contributed by atoms with Crippen molar-refractivity contribution in [2.24, 2.45) is 0 Å². The minimum atomic E-state index is -0.469. The van der Waals surface area contributed by atoms with E-state index >= 15 is 0 Å². The summed E-state index contributed by atoms with van der Waals surface area (Å²) in [4.78, 5) is 0. The fourth-order valence-electron chi connectivity index (χ4n) is 1.60. The van der Waals surface area contributed by atoms with Gasteiger partial charge in [0.25, 0.3) is 0 Å². The zero-order chi connectivity index (χ0) is 11.2. The number of para-hydroxylation sites is 1. The zero-order valence-electron chi connectivity index (χ0n) is 8.90. The third kappa shape index (κ3) is 2.40.